The molecular formula is C19H18N4O5S3. The highest BCUT2D eigenvalue weighted by atomic mass is 32.2. The van der Waals surface area contributed by atoms with Gasteiger partial charge in [-0.2, -0.15) is 0 Å². The summed E-state index contributed by atoms with van der Waals surface area (Å²) < 4.78 is 32.1. The van der Waals surface area contributed by atoms with Gasteiger partial charge in [0.2, 0.25) is 5.91 Å². The van der Waals surface area contributed by atoms with Crippen molar-refractivity contribution in [1.29, 1.82) is 0 Å². The zero-order chi connectivity index (χ0) is 22.4. The zero-order valence-electron chi connectivity index (χ0n) is 16.3. The van der Waals surface area contributed by atoms with Crippen molar-refractivity contribution < 1.29 is 22.7 Å². The van der Waals surface area contributed by atoms with Gasteiger partial charge >= 0.3 is 5.97 Å². The average Bonchev–Trinajstić information content (AvgIpc) is 3.32. The minimum absolute atomic E-state index is 0.0814. The van der Waals surface area contributed by atoms with Crippen LogP contribution in [-0.2, 0) is 26.0 Å². The summed E-state index contributed by atoms with van der Waals surface area (Å²) in [5, 5.41) is 4.62. The standard InChI is InChI=1S/C19H18N4O5S3/c1-3-9-28-17(25)16-12(2)20-18(30-16)22-15(24)10-13-11-29-19(21-13)23-31(26,27)14-7-5-4-6-8-14/h3-8,11H,1,9-10H2,2H3,(H,21,23)(H,20,22,24). The van der Waals surface area contributed by atoms with E-state index in [2.05, 4.69) is 26.6 Å². The molecule has 0 aliphatic rings. The van der Waals surface area contributed by atoms with Gasteiger partial charge in [-0.3, -0.25) is 9.52 Å². The van der Waals surface area contributed by atoms with Crippen LogP contribution in [-0.4, -0.2) is 36.9 Å². The number of esters is 1. The van der Waals surface area contributed by atoms with E-state index in [0.29, 0.717) is 16.3 Å². The minimum Gasteiger partial charge on any atom is -0.457 e. The smallest absolute Gasteiger partial charge is 0.350 e. The molecule has 31 heavy (non-hydrogen) atoms. The van der Waals surface area contributed by atoms with Gasteiger partial charge in [-0.05, 0) is 19.1 Å². The van der Waals surface area contributed by atoms with Crippen LogP contribution in [0.5, 0.6) is 0 Å². The predicted octanol–water partition coefficient (Wildman–Crippen LogP) is 3.23. The van der Waals surface area contributed by atoms with Crippen LogP contribution in [0.2, 0.25) is 0 Å². The molecule has 0 radical (unpaired) electrons. The Balaban J connectivity index is 1.60. The summed E-state index contributed by atoms with van der Waals surface area (Å²) in [6, 6.07) is 7.91. The fourth-order valence-corrected chi connectivity index (χ4v) is 5.24. The van der Waals surface area contributed by atoms with E-state index in [1.54, 1.807) is 30.5 Å². The number of thiazole rings is 2. The van der Waals surface area contributed by atoms with Crippen molar-refractivity contribution in [3.8, 4) is 0 Å². The van der Waals surface area contributed by atoms with Gasteiger partial charge < -0.3 is 10.1 Å². The Bertz CT molecular complexity index is 1200. The first-order valence-electron chi connectivity index (χ1n) is 8.86. The number of carbonyl (C=O) groups excluding carboxylic acids is 2. The number of rotatable bonds is 9. The lowest BCUT2D eigenvalue weighted by atomic mass is 10.3. The predicted molar refractivity (Wildman–Crippen MR) is 119 cm³/mol. The third kappa shape index (κ3) is 5.96. The quantitative estimate of drug-likeness (QED) is 0.357. The third-order valence-corrected chi connectivity index (χ3v) is 7.07. The molecule has 2 aromatic heterocycles. The molecule has 1 amide bonds. The highest BCUT2D eigenvalue weighted by Gasteiger charge is 2.19. The molecule has 0 spiro atoms. The van der Waals surface area contributed by atoms with E-state index in [4.69, 9.17) is 4.74 Å². The zero-order valence-corrected chi connectivity index (χ0v) is 18.8. The number of hydrogen-bond acceptors (Lipinski definition) is 9. The maximum atomic E-state index is 12.4. The molecule has 12 heteroatoms. The van der Waals surface area contributed by atoms with Crippen LogP contribution in [0.3, 0.4) is 0 Å². The molecular weight excluding hydrogens is 460 g/mol. The second-order valence-corrected chi connectivity index (χ2v) is 9.65. The molecule has 3 rings (SSSR count). The molecule has 0 saturated heterocycles. The molecule has 162 valence electrons. The summed E-state index contributed by atoms with van der Waals surface area (Å²) in [6.07, 6.45) is 1.37. The molecule has 1 aromatic carbocycles. The minimum atomic E-state index is -3.75. The number of amides is 1. The Hall–Kier alpha value is -3.09. The lowest BCUT2D eigenvalue weighted by Gasteiger charge is -2.04. The third-order valence-electron chi connectivity index (χ3n) is 3.73. The molecule has 0 saturated carbocycles. The van der Waals surface area contributed by atoms with Crippen molar-refractivity contribution in [1.82, 2.24) is 9.97 Å². The van der Waals surface area contributed by atoms with E-state index in [9.17, 15) is 18.0 Å². The van der Waals surface area contributed by atoms with E-state index in [1.165, 1.54) is 18.2 Å². The van der Waals surface area contributed by atoms with E-state index in [1.807, 2.05) is 0 Å². The normalized spacial score (nSPS) is 11.0. The van der Waals surface area contributed by atoms with Crippen LogP contribution in [0.25, 0.3) is 0 Å². The van der Waals surface area contributed by atoms with Crippen LogP contribution < -0.4 is 10.0 Å². The number of anilines is 2. The number of sulfonamides is 1. The first-order valence-corrected chi connectivity index (χ1v) is 12.0. The van der Waals surface area contributed by atoms with Crippen molar-refractivity contribution in [3.63, 3.8) is 0 Å². The largest absolute Gasteiger partial charge is 0.457 e. The topological polar surface area (TPSA) is 127 Å². The number of benzene rings is 1. The highest BCUT2D eigenvalue weighted by molar-refractivity contribution is 7.93. The number of aromatic nitrogens is 2. The molecule has 3 aromatic rings. The molecule has 2 heterocycles. The molecule has 0 unspecified atom stereocenters. The summed E-state index contributed by atoms with van der Waals surface area (Å²) in [4.78, 5) is 33.0. The van der Waals surface area contributed by atoms with Crippen LogP contribution in [0, 0.1) is 6.92 Å². The molecule has 0 atom stereocenters. The number of nitrogens with one attached hydrogen (secondary N) is 2. The summed E-state index contributed by atoms with van der Waals surface area (Å²) in [6.45, 7) is 5.20. The maximum absolute atomic E-state index is 12.4. The van der Waals surface area contributed by atoms with Gasteiger partial charge in [0.1, 0.15) is 11.5 Å². The number of nitrogens with zero attached hydrogens (tertiary/aromatic N) is 2. The maximum Gasteiger partial charge on any atom is 0.350 e. The van der Waals surface area contributed by atoms with E-state index >= 15 is 0 Å². The fraction of sp³-hybridized carbons (Fsp3) is 0.158. The van der Waals surface area contributed by atoms with Gasteiger partial charge in [0, 0.05) is 5.38 Å². The Labute approximate surface area is 186 Å². The van der Waals surface area contributed by atoms with Crippen molar-refractivity contribution >= 4 is 54.8 Å². The SMILES string of the molecule is C=CCOC(=O)c1sc(NC(=O)Cc2csc(NS(=O)(=O)c3ccccc3)n2)nc1C. The van der Waals surface area contributed by atoms with Crippen molar-refractivity contribution in [2.75, 3.05) is 16.6 Å². The Kier molecular flexibility index (Phi) is 7.15. The first-order chi connectivity index (χ1) is 14.8. The lowest BCUT2D eigenvalue weighted by Crippen LogP contribution is -2.15. The average molecular weight is 479 g/mol. The van der Waals surface area contributed by atoms with Gasteiger partial charge in [-0.15, -0.1) is 11.3 Å². The summed E-state index contributed by atoms with van der Waals surface area (Å²) in [5.74, 6) is -0.937. The number of hydrogen-bond donors (Lipinski definition) is 2. The van der Waals surface area contributed by atoms with Crippen LogP contribution in [0.15, 0.2) is 53.3 Å². The van der Waals surface area contributed by atoms with E-state index in [0.717, 1.165) is 22.7 Å². The molecule has 0 bridgehead atoms. The first kappa shape index (κ1) is 22.6. The van der Waals surface area contributed by atoms with Gasteiger partial charge in [-0.25, -0.2) is 23.2 Å². The lowest BCUT2D eigenvalue weighted by molar-refractivity contribution is -0.115. The summed E-state index contributed by atoms with van der Waals surface area (Å²) in [5.41, 5.74) is 0.841. The van der Waals surface area contributed by atoms with E-state index < -0.39 is 21.9 Å². The van der Waals surface area contributed by atoms with Gasteiger partial charge in [-0.1, -0.05) is 42.2 Å². The van der Waals surface area contributed by atoms with Crippen LogP contribution in [0.1, 0.15) is 21.1 Å². The summed E-state index contributed by atoms with van der Waals surface area (Å²) in [7, 11) is -3.75. The number of ether oxygens (including phenoxy) is 1. The molecule has 2 N–H and O–H groups in total. The Morgan fingerprint density at radius 3 is 2.65 bits per heavy atom. The van der Waals surface area contributed by atoms with Crippen molar-refractivity contribution in [2.24, 2.45) is 0 Å². The molecule has 0 aliphatic heterocycles. The fourth-order valence-electron chi connectivity index (χ4n) is 2.38. The number of aryl methyl sites for hydroxylation is 1. The molecule has 0 fully saturated rings. The second kappa shape index (κ2) is 9.81. The van der Waals surface area contributed by atoms with Crippen molar-refractivity contribution in [2.45, 2.75) is 18.2 Å². The highest BCUT2D eigenvalue weighted by Crippen LogP contribution is 2.24. The second-order valence-electron chi connectivity index (χ2n) is 6.11. The van der Waals surface area contributed by atoms with Crippen LogP contribution in [0.4, 0.5) is 10.3 Å². The summed E-state index contributed by atoms with van der Waals surface area (Å²) >= 11 is 2.08. The number of carbonyl (C=O) groups is 2. The molecule has 0 aliphatic carbocycles. The van der Waals surface area contributed by atoms with Gasteiger partial charge in [0.05, 0.1) is 22.7 Å². The Morgan fingerprint density at radius 1 is 1.19 bits per heavy atom. The Morgan fingerprint density at radius 2 is 1.94 bits per heavy atom. The van der Waals surface area contributed by atoms with Gasteiger partial charge in [0.15, 0.2) is 10.3 Å². The van der Waals surface area contributed by atoms with E-state index in [-0.39, 0.29) is 28.2 Å². The monoisotopic (exact) mass is 478 g/mol. The van der Waals surface area contributed by atoms with Crippen molar-refractivity contribution in [3.05, 3.63) is 64.6 Å². The van der Waals surface area contributed by atoms with Gasteiger partial charge in [0.25, 0.3) is 10.0 Å². The van der Waals surface area contributed by atoms with Crippen LogP contribution >= 0.6 is 22.7 Å². The molecule has 9 nitrogen and oxygen atoms in total.